The normalized spacial score (nSPS) is 11.8. The van der Waals surface area contributed by atoms with Crippen LogP contribution in [0, 0.1) is 0 Å². The van der Waals surface area contributed by atoms with Crippen LogP contribution in [-0.4, -0.2) is 22.7 Å². The van der Waals surface area contributed by atoms with Gasteiger partial charge < -0.3 is 20.5 Å². The van der Waals surface area contributed by atoms with Crippen LogP contribution in [0.25, 0.3) is 0 Å². The number of halogens is 1. The lowest BCUT2D eigenvalue weighted by molar-refractivity contribution is 0.0962. The van der Waals surface area contributed by atoms with E-state index in [9.17, 15) is 4.79 Å². The zero-order valence-electron chi connectivity index (χ0n) is 15.1. The predicted molar refractivity (Wildman–Crippen MR) is 109 cm³/mol. The first-order chi connectivity index (χ1) is 14.1. The van der Waals surface area contributed by atoms with Crippen LogP contribution in [0.2, 0.25) is 5.02 Å². The number of nitrogens with zero attached hydrogens (tertiary/aromatic N) is 2. The van der Waals surface area contributed by atoms with Crippen LogP contribution in [0.5, 0.6) is 11.5 Å². The van der Waals surface area contributed by atoms with Gasteiger partial charge in [-0.1, -0.05) is 23.7 Å². The first kappa shape index (κ1) is 18.6. The number of fused-ring (bicyclic) bond motifs is 1. The first-order valence-electron chi connectivity index (χ1n) is 8.65. The fourth-order valence-corrected chi connectivity index (χ4v) is 2.88. The molecule has 3 aromatic rings. The Hall–Kier alpha value is -3.72. The van der Waals surface area contributed by atoms with Crippen LogP contribution in [0.4, 0.5) is 17.3 Å². The van der Waals surface area contributed by atoms with E-state index < -0.39 is 0 Å². The minimum Gasteiger partial charge on any atom is -0.454 e. The fourth-order valence-electron chi connectivity index (χ4n) is 2.69. The van der Waals surface area contributed by atoms with Crippen molar-refractivity contribution in [1.29, 1.82) is 0 Å². The fraction of sp³-hybridized carbons (Fsp3) is 0.105. The summed E-state index contributed by atoms with van der Waals surface area (Å²) in [5.41, 5.74) is 13.0. The van der Waals surface area contributed by atoms with Crippen LogP contribution in [0.15, 0.2) is 48.8 Å². The van der Waals surface area contributed by atoms with E-state index in [1.807, 2.05) is 18.2 Å². The highest BCUT2D eigenvalue weighted by molar-refractivity contribution is 6.30. The summed E-state index contributed by atoms with van der Waals surface area (Å²) in [6, 6.07) is 12.2. The third-order valence-corrected chi connectivity index (χ3v) is 4.40. The number of hydrogen-bond acceptors (Lipinski definition) is 8. The van der Waals surface area contributed by atoms with E-state index in [-0.39, 0.29) is 24.2 Å². The van der Waals surface area contributed by atoms with Crippen molar-refractivity contribution in [3.63, 3.8) is 0 Å². The van der Waals surface area contributed by atoms with Crippen molar-refractivity contribution in [2.24, 2.45) is 0 Å². The molecule has 9 nitrogen and oxygen atoms in total. The van der Waals surface area contributed by atoms with Crippen LogP contribution in [-0.2, 0) is 6.54 Å². The molecule has 2 heterocycles. The van der Waals surface area contributed by atoms with Crippen LogP contribution in [0.3, 0.4) is 0 Å². The number of aromatic nitrogens is 2. The van der Waals surface area contributed by atoms with E-state index in [1.54, 1.807) is 24.3 Å². The second-order valence-electron chi connectivity index (χ2n) is 6.12. The summed E-state index contributed by atoms with van der Waals surface area (Å²) < 4.78 is 10.7. The summed E-state index contributed by atoms with van der Waals surface area (Å²) in [6.07, 6.45) is 1.34. The van der Waals surface area contributed by atoms with Gasteiger partial charge in [0.05, 0.1) is 0 Å². The number of rotatable bonds is 6. The molecule has 148 valence electrons. The predicted octanol–water partition coefficient (Wildman–Crippen LogP) is 2.81. The van der Waals surface area contributed by atoms with Gasteiger partial charge in [0.25, 0.3) is 5.91 Å². The lowest BCUT2D eigenvalue weighted by Crippen LogP contribution is -2.30. The lowest BCUT2D eigenvalue weighted by Gasteiger charge is -2.13. The minimum absolute atomic E-state index is 0.223. The number of benzene rings is 2. The molecule has 1 aliphatic heterocycles. The summed E-state index contributed by atoms with van der Waals surface area (Å²) in [5, 5.41) is 3.61. The van der Waals surface area contributed by atoms with Crippen molar-refractivity contribution in [2.75, 3.05) is 23.3 Å². The van der Waals surface area contributed by atoms with Crippen molar-refractivity contribution in [1.82, 2.24) is 15.4 Å². The van der Waals surface area contributed by atoms with Crippen LogP contribution in [0.1, 0.15) is 15.9 Å². The van der Waals surface area contributed by atoms with Gasteiger partial charge in [-0.2, -0.15) is 0 Å². The highest BCUT2D eigenvalue weighted by Gasteiger charge is 2.14. The molecule has 1 amide bonds. The molecule has 1 aliphatic rings. The molecule has 0 aliphatic carbocycles. The summed E-state index contributed by atoms with van der Waals surface area (Å²) in [4.78, 5) is 20.4. The molecule has 4 rings (SSSR count). The third-order valence-electron chi connectivity index (χ3n) is 4.16. The SMILES string of the molecule is Nc1c(NCc2ccc3c(c2)OCO3)ncnc1NNC(=O)c1cccc(Cl)c1. The molecule has 0 fully saturated rings. The highest BCUT2D eigenvalue weighted by Crippen LogP contribution is 2.33. The summed E-state index contributed by atoms with van der Waals surface area (Å²) in [5.74, 6) is 1.74. The average molecular weight is 413 g/mol. The molecule has 0 radical (unpaired) electrons. The largest absolute Gasteiger partial charge is 0.454 e. The smallest absolute Gasteiger partial charge is 0.269 e. The van der Waals surface area contributed by atoms with Crippen molar-refractivity contribution in [3.05, 3.63) is 64.9 Å². The van der Waals surface area contributed by atoms with Crippen molar-refractivity contribution in [3.8, 4) is 11.5 Å². The molecule has 0 saturated heterocycles. The van der Waals surface area contributed by atoms with Gasteiger partial charge in [-0.25, -0.2) is 9.97 Å². The topological polar surface area (TPSA) is 123 Å². The third kappa shape index (κ3) is 4.25. The maximum atomic E-state index is 12.2. The molecular formula is C19H17ClN6O3. The molecule has 0 spiro atoms. The van der Waals surface area contributed by atoms with Gasteiger partial charge in [0.2, 0.25) is 6.79 Å². The molecule has 0 saturated carbocycles. The summed E-state index contributed by atoms with van der Waals surface area (Å²) in [7, 11) is 0. The minimum atomic E-state index is -0.375. The van der Waals surface area contributed by atoms with E-state index >= 15 is 0 Å². The number of nitrogens with two attached hydrogens (primary N) is 1. The van der Waals surface area contributed by atoms with Gasteiger partial charge in [-0.15, -0.1) is 0 Å². The van der Waals surface area contributed by atoms with Gasteiger partial charge in [0.15, 0.2) is 23.1 Å². The van der Waals surface area contributed by atoms with E-state index in [0.717, 1.165) is 11.3 Å². The number of carbonyl (C=O) groups is 1. The number of ether oxygens (including phenoxy) is 2. The van der Waals surface area contributed by atoms with Crippen molar-refractivity contribution in [2.45, 2.75) is 6.54 Å². The van der Waals surface area contributed by atoms with E-state index in [0.29, 0.717) is 28.7 Å². The molecule has 5 N–H and O–H groups in total. The number of hydrogen-bond donors (Lipinski definition) is 4. The molecular weight excluding hydrogens is 396 g/mol. The van der Waals surface area contributed by atoms with Gasteiger partial charge in [-0.3, -0.25) is 15.6 Å². The molecule has 0 bridgehead atoms. The maximum Gasteiger partial charge on any atom is 0.269 e. The van der Waals surface area contributed by atoms with Crippen LogP contribution < -0.4 is 31.4 Å². The number of anilines is 3. The number of carbonyl (C=O) groups excluding carboxylic acids is 1. The quantitative estimate of drug-likeness (QED) is 0.456. The number of amides is 1. The lowest BCUT2D eigenvalue weighted by atomic mass is 10.2. The molecule has 2 aromatic carbocycles. The van der Waals surface area contributed by atoms with E-state index in [2.05, 4.69) is 26.1 Å². The number of nitrogens with one attached hydrogen (secondary N) is 3. The Morgan fingerprint density at radius 1 is 1.10 bits per heavy atom. The highest BCUT2D eigenvalue weighted by atomic mass is 35.5. The molecule has 0 atom stereocenters. The van der Waals surface area contributed by atoms with Crippen molar-refractivity contribution >= 4 is 34.8 Å². The van der Waals surface area contributed by atoms with Crippen molar-refractivity contribution < 1.29 is 14.3 Å². The summed E-state index contributed by atoms with van der Waals surface area (Å²) in [6.45, 7) is 0.688. The summed E-state index contributed by atoms with van der Waals surface area (Å²) >= 11 is 5.90. The van der Waals surface area contributed by atoms with Gasteiger partial charge in [0, 0.05) is 17.1 Å². The molecule has 10 heteroatoms. The Labute approximate surface area is 171 Å². The zero-order valence-corrected chi connectivity index (χ0v) is 15.9. The first-order valence-corrected chi connectivity index (χ1v) is 9.03. The van der Waals surface area contributed by atoms with E-state index in [4.69, 9.17) is 26.8 Å². The average Bonchev–Trinajstić information content (AvgIpc) is 3.20. The number of hydrazine groups is 1. The van der Waals surface area contributed by atoms with Gasteiger partial charge in [-0.05, 0) is 35.9 Å². The Morgan fingerprint density at radius 3 is 2.79 bits per heavy atom. The number of nitrogen functional groups attached to an aromatic ring is 1. The van der Waals surface area contributed by atoms with E-state index in [1.165, 1.54) is 6.33 Å². The Balaban J connectivity index is 1.40. The standard InChI is InChI=1S/C19H17ClN6O3/c20-13-3-1-2-12(7-13)19(27)26-25-18-16(21)17(23-9-24-18)22-8-11-4-5-14-15(6-11)29-10-28-14/h1-7,9H,8,10,21H2,(H,26,27)(H2,22,23,24,25). The second-order valence-corrected chi connectivity index (χ2v) is 6.55. The monoisotopic (exact) mass is 412 g/mol. The van der Waals surface area contributed by atoms with Gasteiger partial charge >= 0.3 is 0 Å². The Morgan fingerprint density at radius 2 is 1.93 bits per heavy atom. The molecule has 1 aromatic heterocycles. The zero-order chi connectivity index (χ0) is 20.2. The molecule has 0 unspecified atom stereocenters. The molecule has 29 heavy (non-hydrogen) atoms. The second kappa shape index (κ2) is 8.11. The van der Waals surface area contributed by atoms with Crippen LogP contribution >= 0.6 is 11.6 Å². The Bertz CT molecular complexity index is 1060. The Kier molecular flexibility index (Phi) is 5.21. The maximum absolute atomic E-state index is 12.2. The van der Waals surface area contributed by atoms with Gasteiger partial charge in [0.1, 0.15) is 12.0 Å².